The van der Waals surface area contributed by atoms with Crippen molar-refractivity contribution in [1.82, 2.24) is 0 Å². The van der Waals surface area contributed by atoms with Crippen molar-refractivity contribution >= 4 is 18.8 Å². The third-order valence-corrected chi connectivity index (χ3v) is 3.86. The Hall–Kier alpha value is -2.36. The molecule has 0 bridgehead atoms. The van der Waals surface area contributed by atoms with Crippen LogP contribution in [0.15, 0.2) is 54.6 Å². The molecule has 0 aliphatic carbocycles. The molecule has 0 atom stereocenters. The van der Waals surface area contributed by atoms with Crippen LogP contribution in [-0.2, 0) is 29.8 Å². The minimum absolute atomic E-state index is 0.0885. The van der Waals surface area contributed by atoms with Crippen LogP contribution in [0.2, 0.25) is 0 Å². The van der Waals surface area contributed by atoms with E-state index in [1.54, 1.807) is 0 Å². The Morgan fingerprint density at radius 2 is 1.35 bits per heavy atom. The first-order valence-corrected chi connectivity index (χ1v) is 9.45. The molecule has 0 saturated carbocycles. The predicted octanol–water partition coefficient (Wildman–Crippen LogP) is 1.44. The fourth-order valence-corrected chi connectivity index (χ4v) is 1.67. The zero-order chi connectivity index (χ0) is 14.8. The molecule has 101 valence electrons. The van der Waals surface area contributed by atoms with Crippen LogP contribution in [0.25, 0.3) is 0 Å². The molecule has 2 aromatic carbocycles. The molecule has 0 aliphatic rings. The van der Waals surface area contributed by atoms with E-state index in [1.807, 2.05) is 54.6 Å². The second kappa shape index (κ2) is 8.69. The van der Waals surface area contributed by atoms with E-state index in [1.165, 1.54) is 13.1 Å². The number of benzene rings is 1. The zero-order valence-electron chi connectivity index (χ0n) is 10.2. The van der Waals surface area contributed by atoms with Crippen LogP contribution >= 0.6 is 0 Å². The van der Waals surface area contributed by atoms with Crippen molar-refractivity contribution in [2.45, 2.75) is 0 Å². The molecule has 0 fully saturated rings. The van der Waals surface area contributed by atoms with Gasteiger partial charge in [0.15, 0.2) is 0 Å². The van der Waals surface area contributed by atoms with Gasteiger partial charge in [-0.3, -0.25) is 0 Å². The van der Waals surface area contributed by atoms with Gasteiger partial charge in [0, 0.05) is 0 Å². The second-order valence-corrected chi connectivity index (χ2v) is 7.08. The molecular weight excluding hydrogens is 430 g/mol. The van der Waals surface area contributed by atoms with Gasteiger partial charge in [-0.2, -0.15) is 12.1 Å². The van der Waals surface area contributed by atoms with E-state index in [2.05, 4.69) is 0 Å². The maximum atomic E-state index is 11.7. The van der Waals surface area contributed by atoms with Crippen LogP contribution in [-0.4, -0.2) is 18.8 Å². The van der Waals surface area contributed by atoms with E-state index in [9.17, 15) is 19.2 Å². The van der Waals surface area contributed by atoms with Crippen LogP contribution in [0, 0.1) is 0 Å². The van der Waals surface area contributed by atoms with E-state index >= 15 is 0 Å². The van der Waals surface area contributed by atoms with Crippen LogP contribution < -0.4 is 0 Å². The Morgan fingerprint density at radius 3 is 1.75 bits per heavy atom. The van der Waals surface area contributed by atoms with Crippen LogP contribution in [0.4, 0.5) is 0 Å². The molecule has 5 heteroatoms. The Bertz CT molecular complexity index is 737. The van der Waals surface area contributed by atoms with E-state index in [0.29, 0.717) is 0 Å². The van der Waals surface area contributed by atoms with Crippen molar-refractivity contribution in [3.05, 3.63) is 65.7 Å². The summed E-state index contributed by atoms with van der Waals surface area (Å²) in [5.74, 6) is 0.0885. The van der Waals surface area contributed by atoms with Crippen LogP contribution in [0.1, 0.15) is 15.9 Å². The van der Waals surface area contributed by atoms with Gasteiger partial charge in [0.2, 0.25) is 0 Å². The summed E-state index contributed by atoms with van der Waals surface area (Å²) in [5.41, 5.74) is 1.50. The van der Waals surface area contributed by atoms with Gasteiger partial charge in [-0.15, -0.1) is 12.1 Å². The molecule has 0 amide bonds. The summed E-state index contributed by atoms with van der Waals surface area (Å²) in [7, 11) is 0. The number of carbonyl (C=O) groups is 1. The Labute approximate surface area is 119 Å². The van der Waals surface area contributed by atoms with Gasteiger partial charge in [0.05, 0.1) is 0 Å². The molecule has 0 N–H and O–H groups in total. The first kappa shape index (κ1) is 15.7. The van der Waals surface area contributed by atoms with Gasteiger partial charge in [0.1, 0.15) is 5.78 Å². The summed E-state index contributed by atoms with van der Waals surface area (Å²) in [6, 6.07) is 16.7. The van der Waals surface area contributed by atoms with Gasteiger partial charge < -0.3 is 4.79 Å². The van der Waals surface area contributed by atoms with Crippen molar-refractivity contribution in [2.75, 3.05) is 0 Å². The Kier molecular flexibility index (Phi) is 6.82. The van der Waals surface area contributed by atoms with Gasteiger partial charge in [0.25, 0.3) is 0 Å². The monoisotopic (exact) mass is 440 g/mol. The normalized spacial score (nSPS) is 8.20. The molecule has 0 heterocycles. The van der Waals surface area contributed by atoms with Crippen molar-refractivity contribution in [1.29, 1.82) is 0 Å². The first-order valence-electron chi connectivity index (χ1n) is 5.37. The van der Waals surface area contributed by atoms with Crippen LogP contribution in [0.3, 0.4) is 0 Å². The van der Waals surface area contributed by atoms with Crippen molar-refractivity contribution in [3.63, 3.8) is 0 Å². The molecule has 4 nitrogen and oxygen atoms in total. The molecular formula is C15H9O4Re-. The topological polar surface area (TPSA) is 68.3 Å². The van der Waals surface area contributed by atoms with Crippen molar-refractivity contribution < 1.29 is 34.6 Å². The Morgan fingerprint density at radius 1 is 0.850 bits per heavy atom. The third kappa shape index (κ3) is 4.72. The summed E-state index contributed by atoms with van der Waals surface area (Å²) in [5, 5.41) is 0. The van der Waals surface area contributed by atoms with Crippen molar-refractivity contribution in [2.24, 2.45) is 0 Å². The second-order valence-electron chi connectivity index (χ2n) is 3.38. The minimum atomic E-state index is -2.97. The molecule has 0 saturated heterocycles. The van der Waals surface area contributed by atoms with Crippen molar-refractivity contribution in [3.8, 4) is 0 Å². The number of hydrogen-bond donors (Lipinski definition) is 0. The average Bonchev–Trinajstić information content (AvgIpc) is 3.04. The van der Waals surface area contributed by atoms with E-state index < -0.39 is 15.4 Å². The summed E-state index contributed by atoms with van der Waals surface area (Å²) in [6.07, 6.45) is 0. The molecule has 20 heavy (non-hydrogen) atoms. The van der Waals surface area contributed by atoms with Gasteiger partial charge >= 0.3 is 42.8 Å². The van der Waals surface area contributed by atoms with Gasteiger partial charge in [-0.05, 0) is 0 Å². The summed E-state index contributed by atoms with van der Waals surface area (Å²) < 4.78 is 3.87. The number of rotatable bonds is 2. The number of hydrogen-bond acceptors (Lipinski definition) is 4. The maximum absolute atomic E-state index is 11.7. The summed E-state index contributed by atoms with van der Waals surface area (Å²) in [6.45, 7) is 0. The molecule has 0 aromatic heterocycles. The first-order chi connectivity index (χ1) is 9.72. The fraction of sp³-hybridized carbons (Fsp3) is 0. The quantitative estimate of drug-likeness (QED) is 0.525. The summed E-state index contributed by atoms with van der Waals surface area (Å²) in [4.78, 5) is 39.9. The molecule has 0 radical (unpaired) electrons. The van der Waals surface area contributed by atoms with E-state index in [4.69, 9.17) is 0 Å². The summed E-state index contributed by atoms with van der Waals surface area (Å²) >= 11 is -2.97. The van der Waals surface area contributed by atoms with E-state index in [0.717, 1.165) is 11.1 Å². The fourth-order valence-electron chi connectivity index (χ4n) is 1.33. The standard InChI is InChI=1S/C12H9O.3CO.Re/c13-12(11-8-4-5-9-11)10-6-2-1-3-7-10;3*1-2;/h1-9H;;;;/q-1;;;;. The molecule has 2 rings (SSSR count). The number of ketones is 1. The van der Waals surface area contributed by atoms with Gasteiger partial charge in [-0.25, -0.2) is 0 Å². The van der Waals surface area contributed by atoms with Gasteiger partial charge in [-0.1, -0.05) is 41.5 Å². The molecule has 0 spiro atoms. The SMILES string of the molecule is O=C(c1ccccc1)[c-]1cccc1.O=[C]=[Re](=[C]=O)=[C]=O. The zero-order valence-corrected chi connectivity index (χ0v) is 12.9. The third-order valence-electron chi connectivity index (χ3n) is 2.19. The molecule has 0 unspecified atom stereocenters. The molecule has 2 aromatic rings. The van der Waals surface area contributed by atoms with Crippen LogP contribution in [0.5, 0.6) is 0 Å². The molecule has 0 aliphatic heterocycles. The average molecular weight is 439 g/mol. The van der Waals surface area contributed by atoms with E-state index in [-0.39, 0.29) is 5.78 Å². The Balaban J connectivity index is 0.000000246. The predicted molar refractivity (Wildman–Crippen MR) is 69.0 cm³/mol. The number of carbonyl (C=O) groups excluding carboxylic acids is 4.